The molecule has 14 heavy (non-hydrogen) atoms. The second kappa shape index (κ2) is 4.09. The lowest BCUT2D eigenvalue weighted by atomic mass is 9.81. The molecule has 0 saturated heterocycles. The summed E-state index contributed by atoms with van der Waals surface area (Å²) in [7, 11) is 0. The number of hydrogen-bond acceptors (Lipinski definition) is 1. The molecule has 1 aliphatic rings. The summed E-state index contributed by atoms with van der Waals surface area (Å²) in [6.45, 7) is 0.224. The molecule has 1 N–H and O–H groups in total. The van der Waals surface area contributed by atoms with E-state index in [1.807, 2.05) is 6.07 Å². The number of aliphatic hydroxyl groups is 1. The van der Waals surface area contributed by atoms with Crippen LogP contribution in [0.3, 0.4) is 0 Å². The van der Waals surface area contributed by atoms with Gasteiger partial charge in [0.1, 0.15) is 5.82 Å². The lowest BCUT2D eigenvalue weighted by Gasteiger charge is -2.24. The van der Waals surface area contributed by atoms with Gasteiger partial charge in [-0.1, -0.05) is 6.07 Å². The summed E-state index contributed by atoms with van der Waals surface area (Å²) in [5.41, 5.74) is 2.38. The molecular formula is C12H15FO. The van der Waals surface area contributed by atoms with Crippen molar-refractivity contribution in [3.8, 4) is 0 Å². The largest absolute Gasteiger partial charge is 0.396 e. The van der Waals surface area contributed by atoms with Crippen LogP contribution in [0.2, 0.25) is 0 Å². The molecular weight excluding hydrogens is 179 g/mol. The van der Waals surface area contributed by atoms with Gasteiger partial charge in [-0.3, -0.25) is 0 Å². The Hall–Kier alpha value is -0.890. The minimum Gasteiger partial charge on any atom is -0.396 e. The second-order valence-electron chi connectivity index (χ2n) is 3.94. The molecule has 1 atom stereocenters. The third-order valence-corrected chi connectivity index (χ3v) is 3.02. The van der Waals surface area contributed by atoms with Gasteiger partial charge in [-0.05, 0) is 54.9 Å². The number of aliphatic hydroxyl groups excluding tert-OH is 1. The topological polar surface area (TPSA) is 20.2 Å². The summed E-state index contributed by atoms with van der Waals surface area (Å²) in [6.07, 6.45) is 4.02. The summed E-state index contributed by atoms with van der Waals surface area (Å²) in [4.78, 5) is 0. The quantitative estimate of drug-likeness (QED) is 0.767. The Balaban J connectivity index is 2.30. The highest BCUT2D eigenvalue weighted by molar-refractivity contribution is 5.33. The van der Waals surface area contributed by atoms with Crippen molar-refractivity contribution in [3.05, 3.63) is 35.1 Å². The van der Waals surface area contributed by atoms with Gasteiger partial charge in [-0.2, -0.15) is 0 Å². The van der Waals surface area contributed by atoms with E-state index in [1.165, 1.54) is 11.6 Å². The number of halogens is 1. The van der Waals surface area contributed by atoms with Crippen LogP contribution in [0.1, 0.15) is 36.3 Å². The van der Waals surface area contributed by atoms with Crippen LogP contribution in [-0.2, 0) is 6.42 Å². The van der Waals surface area contributed by atoms with Crippen LogP contribution in [0.15, 0.2) is 18.2 Å². The van der Waals surface area contributed by atoms with Crippen molar-refractivity contribution >= 4 is 0 Å². The maximum atomic E-state index is 13.0. The third kappa shape index (κ3) is 1.80. The molecule has 1 unspecified atom stereocenters. The van der Waals surface area contributed by atoms with Gasteiger partial charge in [0.2, 0.25) is 0 Å². The third-order valence-electron chi connectivity index (χ3n) is 3.02. The van der Waals surface area contributed by atoms with Gasteiger partial charge >= 0.3 is 0 Å². The van der Waals surface area contributed by atoms with Gasteiger partial charge in [0.15, 0.2) is 0 Å². The summed E-state index contributed by atoms with van der Waals surface area (Å²) in [5.74, 6) is 0.290. The average Bonchev–Trinajstić information content (AvgIpc) is 2.18. The van der Waals surface area contributed by atoms with Crippen molar-refractivity contribution in [1.82, 2.24) is 0 Å². The number of rotatable bonds is 2. The predicted octanol–water partition coefficient (Wildman–Crippen LogP) is 2.63. The van der Waals surface area contributed by atoms with Crippen LogP contribution in [0, 0.1) is 5.82 Å². The Morgan fingerprint density at radius 1 is 1.43 bits per heavy atom. The van der Waals surface area contributed by atoms with Crippen LogP contribution in [0.25, 0.3) is 0 Å². The monoisotopic (exact) mass is 194 g/mol. The fourth-order valence-electron chi connectivity index (χ4n) is 2.34. The molecule has 1 aromatic carbocycles. The smallest absolute Gasteiger partial charge is 0.123 e. The lowest BCUT2D eigenvalue weighted by molar-refractivity contribution is 0.269. The van der Waals surface area contributed by atoms with Crippen molar-refractivity contribution in [2.45, 2.75) is 31.6 Å². The van der Waals surface area contributed by atoms with Gasteiger partial charge in [-0.25, -0.2) is 4.39 Å². The van der Waals surface area contributed by atoms with E-state index in [2.05, 4.69) is 0 Å². The Morgan fingerprint density at radius 3 is 3.07 bits per heavy atom. The lowest BCUT2D eigenvalue weighted by Crippen LogP contribution is -2.11. The van der Waals surface area contributed by atoms with E-state index < -0.39 is 0 Å². The molecule has 0 spiro atoms. The number of benzene rings is 1. The molecule has 1 aromatic rings. The highest BCUT2D eigenvalue weighted by atomic mass is 19.1. The highest BCUT2D eigenvalue weighted by Gasteiger charge is 2.19. The van der Waals surface area contributed by atoms with E-state index in [9.17, 15) is 4.39 Å². The summed E-state index contributed by atoms with van der Waals surface area (Å²) < 4.78 is 13.0. The SMILES string of the molecule is OCCC1CCCc2cc(F)ccc21. The second-order valence-corrected chi connectivity index (χ2v) is 3.94. The molecule has 2 heteroatoms. The predicted molar refractivity (Wildman–Crippen MR) is 53.8 cm³/mol. The van der Waals surface area contributed by atoms with Crippen LogP contribution >= 0.6 is 0 Å². The zero-order valence-electron chi connectivity index (χ0n) is 8.17. The van der Waals surface area contributed by atoms with Crippen molar-refractivity contribution in [2.24, 2.45) is 0 Å². The van der Waals surface area contributed by atoms with Crippen LogP contribution in [0.4, 0.5) is 4.39 Å². The van der Waals surface area contributed by atoms with E-state index in [-0.39, 0.29) is 12.4 Å². The Bertz CT molecular complexity index is 322. The fraction of sp³-hybridized carbons (Fsp3) is 0.500. The molecule has 0 saturated carbocycles. The van der Waals surface area contributed by atoms with Gasteiger partial charge in [0.25, 0.3) is 0 Å². The molecule has 0 aliphatic heterocycles. The molecule has 1 nitrogen and oxygen atoms in total. The number of hydrogen-bond donors (Lipinski definition) is 1. The Kier molecular flexibility index (Phi) is 2.82. The standard InChI is InChI=1S/C12H15FO/c13-11-4-5-12-9(6-7-14)2-1-3-10(12)8-11/h4-5,8-9,14H,1-3,6-7H2. The molecule has 0 bridgehead atoms. The van der Waals surface area contributed by atoms with Crippen LogP contribution in [0.5, 0.6) is 0 Å². The van der Waals surface area contributed by atoms with Gasteiger partial charge in [0, 0.05) is 6.61 Å². The molecule has 0 amide bonds. The molecule has 1 aliphatic carbocycles. The molecule has 0 fully saturated rings. The first-order valence-corrected chi connectivity index (χ1v) is 5.20. The maximum absolute atomic E-state index is 13.0. The van der Waals surface area contributed by atoms with E-state index in [1.54, 1.807) is 6.07 Å². The first-order valence-electron chi connectivity index (χ1n) is 5.20. The normalized spacial score (nSPS) is 20.6. The average molecular weight is 194 g/mol. The zero-order chi connectivity index (χ0) is 9.97. The Morgan fingerprint density at radius 2 is 2.29 bits per heavy atom. The van der Waals surface area contributed by atoms with E-state index >= 15 is 0 Å². The van der Waals surface area contributed by atoms with E-state index in [0.717, 1.165) is 31.2 Å². The number of fused-ring (bicyclic) bond motifs is 1. The molecule has 0 heterocycles. The minimum atomic E-state index is -0.145. The summed E-state index contributed by atoms with van der Waals surface area (Å²) in [5, 5.41) is 8.92. The number of aryl methyl sites for hydroxylation is 1. The fourth-order valence-corrected chi connectivity index (χ4v) is 2.34. The van der Waals surface area contributed by atoms with E-state index in [4.69, 9.17) is 5.11 Å². The Labute approximate surface area is 83.6 Å². The van der Waals surface area contributed by atoms with Crippen LogP contribution in [-0.4, -0.2) is 11.7 Å². The molecule has 0 radical (unpaired) electrons. The van der Waals surface area contributed by atoms with Crippen molar-refractivity contribution in [1.29, 1.82) is 0 Å². The first-order chi connectivity index (χ1) is 6.81. The van der Waals surface area contributed by atoms with Crippen LogP contribution < -0.4 is 0 Å². The minimum absolute atomic E-state index is 0.145. The van der Waals surface area contributed by atoms with Gasteiger partial charge in [0.05, 0.1) is 0 Å². The van der Waals surface area contributed by atoms with Gasteiger partial charge < -0.3 is 5.11 Å². The first kappa shape index (κ1) is 9.66. The highest BCUT2D eigenvalue weighted by Crippen LogP contribution is 2.33. The summed E-state index contributed by atoms with van der Waals surface area (Å²) >= 11 is 0. The maximum Gasteiger partial charge on any atom is 0.123 e. The zero-order valence-corrected chi connectivity index (χ0v) is 8.17. The van der Waals surface area contributed by atoms with E-state index in [0.29, 0.717) is 5.92 Å². The van der Waals surface area contributed by atoms with Crippen molar-refractivity contribution in [2.75, 3.05) is 6.61 Å². The van der Waals surface area contributed by atoms with Crippen molar-refractivity contribution in [3.63, 3.8) is 0 Å². The summed E-state index contributed by atoms with van der Waals surface area (Å²) in [6, 6.07) is 5.04. The molecule has 76 valence electrons. The molecule has 2 rings (SSSR count). The van der Waals surface area contributed by atoms with Gasteiger partial charge in [-0.15, -0.1) is 0 Å². The van der Waals surface area contributed by atoms with Crippen molar-refractivity contribution < 1.29 is 9.50 Å². The molecule has 0 aromatic heterocycles.